The summed E-state index contributed by atoms with van der Waals surface area (Å²) in [4.78, 5) is 25.7. The Morgan fingerprint density at radius 1 is 1.36 bits per heavy atom. The molecule has 1 unspecified atom stereocenters. The van der Waals surface area contributed by atoms with Gasteiger partial charge < -0.3 is 14.7 Å². The summed E-state index contributed by atoms with van der Waals surface area (Å²) in [6.45, 7) is 5.97. The molecule has 1 heterocycles. The van der Waals surface area contributed by atoms with Crippen LogP contribution in [0.4, 0.5) is 0 Å². The normalized spacial score (nSPS) is 22.5. The van der Waals surface area contributed by atoms with E-state index in [9.17, 15) is 9.59 Å². The first-order valence-corrected chi connectivity index (χ1v) is 7.95. The lowest BCUT2D eigenvalue weighted by atomic mass is 9.83. The fourth-order valence-electron chi connectivity index (χ4n) is 2.65. The highest BCUT2D eigenvalue weighted by atomic mass is 79.9. The van der Waals surface area contributed by atoms with Crippen molar-refractivity contribution in [1.29, 1.82) is 0 Å². The number of halogens is 1. The second-order valence-electron chi connectivity index (χ2n) is 6.12. The third-order valence-electron chi connectivity index (χ3n) is 3.90. The maximum absolute atomic E-state index is 12.9. The lowest BCUT2D eigenvalue weighted by Gasteiger charge is -2.39. The van der Waals surface area contributed by atoms with Gasteiger partial charge in [0.1, 0.15) is 0 Å². The molecule has 1 fully saturated rings. The largest absolute Gasteiger partial charge is 0.479 e. The zero-order valence-electron chi connectivity index (χ0n) is 12.9. The molecule has 6 heteroatoms. The first-order valence-electron chi connectivity index (χ1n) is 7.15. The van der Waals surface area contributed by atoms with Gasteiger partial charge in [-0.05, 0) is 38.5 Å². The molecule has 0 aromatic heterocycles. The predicted molar refractivity (Wildman–Crippen MR) is 85.7 cm³/mol. The molecule has 120 valence electrons. The first kappa shape index (κ1) is 17.0. The minimum atomic E-state index is -1.04. The van der Waals surface area contributed by atoms with Crippen LogP contribution in [-0.2, 0) is 19.7 Å². The third kappa shape index (κ3) is 3.50. The number of aliphatic carboxylic acids is 1. The second kappa shape index (κ2) is 6.38. The maximum Gasteiger partial charge on any atom is 0.334 e. The Kier molecular flexibility index (Phi) is 4.92. The van der Waals surface area contributed by atoms with Crippen LogP contribution < -0.4 is 0 Å². The van der Waals surface area contributed by atoms with E-state index in [1.54, 1.807) is 11.8 Å². The Balaban J connectivity index is 2.23. The molecule has 0 aliphatic carbocycles. The number of carboxylic acid groups (broad SMARTS) is 1. The molecular formula is C16H20BrNO4. The number of amides is 1. The molecule has 1 aromatic carbocycles. The zero-order chi connectivity index (χ0) is 16.5. The Hall–Kier alpha value is -1.40. The molecule has 1 N–H and O–H groups in total. The van der Waals surface area contributed by atoms with Crippen LogP contribution in [0.15, 0.2) is 28.7 Å². The number of ether oxygens (including phenoxy) is 1. The molecule has 0 saturated carbocycles. The summed E-state index contributed by atoms with van der Waals surface area (Å²) in [5, 5.41) is 9.14. The van der Waals surface area contributed by atoms with Gasteiger partial charge >= 0.3 is 5.97 Å². The van der Waals surface area contributed by atoms with Crippen LogP contribution in [0.5, 0.6) is 0 Å². The van der Waals surface area contributed by atoms with E-state index in [4.69, 9.17) is 9.84 Å². The number of hydrogen-bond acceptors (Lipinski definition) is 3. The van der Waals surface area contributed by atoms with Crippen LogP contribution in [0, 0.1) is 0 Å². The molecule has 0 bridgehead atoms. The summed E-state index contributed by atoms with van der Waals surface area (Å²) >= 11 is 3.42. The summed E-state index contributed by atoms with van der Waals surface area (Å²) < 4.78 is 6.27. The van der Waals surface area contributed by atoms with Crippen LogP contribution in [0.2, 0.25) is 0 Å². The van der Waals surface area contributed by atoms with Crippen molar-refractivity contribution < 1.29 is 19.4 Å². The maximum atomic E-state index is 12.9. The number of carbonyl (C=O) groups excluding carboxylic acids is 1. The van der Waals surface area contributed by atoms with E-state index >= 15 is 0 Å². The number of rotatable bonds is 3. The average Bonchev–Trinajstić information content (AvgIpc) is 2.45. The molecule has 2 atom stereocenters. The number of carboxylic acids is 1. The Labute approximate surface area is 138 Å². The van der Waals surface area contributed by atoms with Crippen molar-refractivity contribution in [1.82, 2.24) is 4.90 Å². The van der Waals surface area contributed by atoms with Crippen LogP contribution in [0.25, 0.3) is 0 Å². The van der Waals surface area contributed by atoms with Crippen molar-refractivity contribution in [3.8, 4) is 0 Å². The van der Waals surface area contributed by atoms with Crippen molar-refractivity contribution in [2.45, 2.75) is 38.4 Å². The van der Waals surface area contributed by atoms with E-state index in [0.29, 0.717) is 6.54 Å². The fourth-order valence-corrected chi connectivity index (χ4v) is 3.05. The monoisotopic (exact) mass is 369 g/mol. The Morgan fingerprint density at radius 3 is 2.64 bits per heavy atom. The van der Waals surface area contributed by atoms with Gasteiger partial charge in [0.15, 0.2) is 6.10 Å². The first-order chi connectivity index (χ1) is 10.2. The molecule has 1 aromatic rings. The van der Waals surface area contributed by atoms with Crippen molar-refractivity contribution in [3.05, 3.63) is 34.3 Å². The number of nitrogens with zero attached hydrogens (tertiary/aromatic N) is 1. The predicted octanol–water partition coefficient (Wildman–Crippen LogP) is 2.43. The van der Waals surface area contributed by atoms with Crippen molar-refractivity contribution in [2.24, 2.45) is 0 Å². The SMILES string of the molecule is C[C@@H]1CN(C(=O)C(C)(C)c2cccc(Br)c2)CC(C(=O)O)O1. The van der Waals surface area contributed by atoms with E-state index in [-0.39, 0.29) is 18.6 Å². The molecule has 1 amide bonds. The van der Waals surface area contributed by atoms with Gasteiger partial charge in [-0.3, -0.25) is 4.79 Å². The van der Waals surface area contributed by atoms with E-state index < -0.39 is 17.5 Å². The van der Waals surface area contributed by atoms with E-state index in [1.807, 2.05) is 38.1 Å². The minimum absolute atomic E-state index is 0.0793. The minimum Gasteiger partial charge on any atom is -0.479 e. The summed E-state index contributed by atoms with van der Waals surface area (Å²) in [5.74, 6) is -1.13. The van der Waals surface area contributed by atoms with E-state index in [0.717, 1.165) is 10.0 Å². The van der Waals surface area contributed by atoms with Gasteiger partial charge in [0.2, 0.25) is 5.91 Å². The van der Waals surface area contributed by atoms with Crippen molar-refractivity contribution >= 4 is 27.8 Å². The summed E-state index contributed by atoms with van der Waals surface area (Å²) in [5.41, 5.74) is 0.155. The molecule has 22 heavy (non-hydrogen) atoms. The lowest BCUT2D eigenvalue weighted by Crippen LogP contribution is -2.55. The smallest absolute Gasteiger partial charge is 0.334 e. The standard InChI is InChI=1S/C16H20BrNO4/c1-10-8-18(9-13(22-10)14(19)20)15(21)16(2,3)11-5-4-6-12(17)7-11/h4-7,10,13H,8-9H2,1-3H3,(H,19,20)/t10-,13?/m1/s1. The van der Waals surface area contributed by atoms with Crippen molar-refractivity contribution in [2.75, 3.05) is 13.1 Å². The van der Waals surface area contributed by atoms with Crippen LogP contribution in [0.3, 0.4) is 0 Å². The highest BCUT2D eigenvalue weighted by Gasteiger charge is 2.39. The summed E-state index contributed by atoms with van der Waals surface area (Å²) in [6.07, 6.45) is -1.26. The number of carbonyl (C=O) groups is 2. The molecule has 1 aliphatic rings. The van der Waals surface area contributed by atoms with Gasteiger partial charge in [-0.2, -0.15) is 0 Å². The number of benzene rings is 1. The lowest BCUT2D eigenvalue weighted by molar-refractivity contribution is -0.168. The molecule has 1 saturated heterocycles. The van der Waals surface area contributed by atoms with Gasteiger partial charge in [-0.1, -0.05) is 28.1 Å². The van der Waals surface area contributed by atoms with Gasteiger partial charge in [-0.25, -0.2) is 4.79 Å². The van der Waals surface area contributed by atoms with Crippen molar-refractivity contribution in [3.63, 3.8) is 0 Å². The van der Waals surface area contributed by atoms with Crippen LogP contribution >= 0.6 is 15.9 Å². The molecule has 2 rings (SSSR count). The molecule has 0 spiro atoms. The third-order valence-corrected chi connectivity index (χ3v) is 4.40. The van der Waals surface area contributed by atoms with Crippen LogP contribution in [0.1, 0.15) is 26.3 Å². The highest BCUT2D eigenvalue weighted by Crippen LogP contribution is 2.29. The van der Waals surface area contributed by atoms with Gasteiger partial charge in [0.05, 0.1) is 18.1 Å². The van der Waals surface area contributed by atoms with Gasteiger partial charge in [-0.15, -0.1) is 0 Å². The van der Waals surface area contributed by atoms with Gasteiger partial charge in [0.25, 0.3) is 0 Å². The van der Waals surface area contributed by atoms with Crippen LogP contribution in [-0.4, -0.2) is 47.2 Å². The molecular weight excluding hydrogens is 350 g/mol. The average molecular weight is 370 g/mol. The number of morpholine rings is 1. The molecule has 1 aliphatic heterocycles. The van der Waals surface area contributed by atoms with E-state index in [2.05, 4.69) is 15.9 Å². The topological polar surface area (TPSA) is 66.8 Å². The van der Waals surface area contributed by atoms with Gasteiger partial charge in [0, 0.05) is 11.0 Å². The fraction of sp³-hybridized carbons (Fsp3) is 0.500. The second-order valence-corrected chi connectivity index (χ2v) is 7.03. The quantitative estimate of drug-likeness (QED) is 0.888. The molecule has 0 radical (unpaired) electrons. The Bertz CT molecular complexity index is 587. The zero-order valence-corrected chi connectivity index (χ0v) is 14.5. The molecule has 5 nitrogen and oxygen atoms in total. The Morgan fingerprint density at radius 2 is 2.05 bits per heavy atom. The summed E-state index contributed by atoms with van der Waals surface area (Å²) in [6, 6.07) is 7.61. The highest BCUT2D eigenvalue weighted by molar-refractivity contribution is 9.10. The number of hydrogen-bond donors (Lipinski definition) is 1. The van der Waals surface area contributed by atoms with E-state index in [1.165, 1.54) is 0 Å². The summed E-state index contributed by atoms with van der Waals surface area (Å²) in [7, 11) is 0.